The van der Waals surface area contributed by atoms with Crippen molar-refractivity contribution in [3.8, 4) is 5.95 Å². The maximum Gasteiger partial charge on any atom is 0.237 e. The van der Waals surface area contributed by atoms with Gasteiger partial charge in [0.05, 0.1) is 11.7 Å². The summed E-state index contributed by atoms with van der Waals surface area (Å²) in [6.07, 6.45) is 5.50. The van der Waals surface area contributed by atoms with Crippen molar-refractivity contribution >= 4 is 11.7 Å². The molecule has 128 valence electrons. The first-order valence-corrected chi connectivity index (χ1v) is 8.17. The van der Waals surface area contributed by atoms with Crippen molar-refractivity contribution in [3.63, 3.8) is 0 Å². The molecule has 3 N–H and O–H groups in total. The Balaban J connectivity index is 2.00. The predicted molar refractivity (Wildman–Crippen MR) is 91.1 cm³/mol. The zero-order valence-electron chi connectivity index (χ0n) is 14.0. The Kier molecular flexibility index (Phi) is 4.75. The molecule has 8 heteroatoms. The molecule has 1 amide bonds. The summed E-state index contributed by atoms with van der Waals surface area (Å²) in [6, 6.07) is 2.01. The molecule has 1 aliphatic heterocycles. The number of primary amides is 1. The highest BCUT2D eigenvalue weighted by molar-refractivity contribution is 5.75. The van der Waals surface area contributed by atoms with E-state index in [1.54, 1.807) is 17.1 Å². The van der Waals surface area contributed by atoms with Crippen LogP contribution in [0.4, 0.5) is 5.82 Å². The van der Waals surface area contributed by atoms with E-state index in [1.165, 1.54) is 0 Å². The fourth-order valence-corrected chi connectivity index (χ4v) is 2.85. The number of piperazine rings is 1. The summed E-state index contributed by atoms with van der Waals surface area (Å²) in [5.74, 6) is 1.38. The van der Waals surface area contributed by atoms with Crippen molar-refractivity contribution in [2.45, 2.75) is 32.2 Å². The van der Waals surface area contributed by atoms with Gasteiger partial charge in [-0.05, 0) is 5.92 Å². The Hall–Kier alpha value is -2.48. The lowest BCUT2D eigenvalue weighted by Crippen LogP contribution is -2.53. The largest absolute Gasteiger partial charge is 0.370 e. The van der Waals surface area contributed by atoms with Crippen molar-refractivity contribution in [2.24, 2.45) is 5.73 Å². The second-order valence-electron chi connectivity index (χ2n) is 6.30. The van der Waals surface area contributed by atoms with Crippen LogP contribution in [-0.2, 0) is 4.79 Å². The molecule has 8 nitrogen and oxygen atoms in total. The average Bonchev–Trinajstić information content (AvgIpc) is 3.09. The van der Waals surface area contributed by atoms with E-state index in [0.717, 1.165) is 24.6 Å². The molecule has 2 aromatic heterocycles. The van der Waals surface area contributed by atoms with Gasteiger partial charge >= 0.3 is 0 Å². The number of carbonyl (C=O) groups is 1. The zero-order valence-corrected chi connectivity index (χ0v) is 14.0. The normalized spacial score (nSPS) is 18.1. The zero-order chi connectivity index (χ0) is 17.1. The summed E-state index contributed by atoms with van der Waals surface area (Å²) in [6.45, 7) is 6.53. The highest BCUT2D eigenvalue weighted by Crippen LogP contribution is 2.23. The minimum Gasteiger partial charge on any atom is -0.370 e. The van der Waals surface area contributed by atoms with Crippen molar-refractivity contribution in [1.82, 2.24) is 24.8 Å². The van der Waals surface area contributed by atoms with Gasteiger partial charge in [0, 0.05) is 44.5 Å². The standard InChI is InChI=1S/C16H23N7O/c1-11(2)13-8-15(21-16(20-13)22-5-3-19-10-22)23-6-4-18-9-12(23)7-14(17)24/h3,5,8,10-12,18H,4,6-7,9H2,1-2H3,(H2,17,24). The van der Waals surface area contributed by atoms with Gasteiger partial charge in [0.15, 0.2) is 0 Å². The molecular weight excluding hydrogens is 306 g/mol. The number of rotatable bonds is 5. The van der Waals surface area contributed by atoms with E-state index in [4.69, 9.17) is 10.7 Å². The third-order valence-electron chi connectivity index (χ3n) is 4.13. The fraction of sp³-hybridized carbons (Fsp3) is 0.500. The maximum atomic E-state index is 11.4. The molecule has 3 heterocycles. The second kappa shape index (κ2) is 6.96. The van der Waals surface area contributed by atoms with Gasteiger partial charge in [-0.25, -0.2) is 9.97 Å². The number of nitrogens with two attached hydrogens (primary N) is 1. The van der Waals surface area contributed by atoms with Crippen LogP contribution in [0.1, 0.15) is 31.9 Å². The first kappa shape index (κ1) is 16.4. The molecule has 1 unspecified atom stereocenters. The highest BCUT2D eigenvalue weighted by Gasteiger charge is 2.26. The molecule has 0 aromatic carbocycles. The third kappa shape index (κ3) is 3.53. The van der Waals surface area contributed by atoms with Crippen molar-refractivity contribution in [3.05, 3.63) is 30.5 Å². The molecule has 2 aromatic rings. The molecular formula is C16H23N7O. The van der Waals surface area contributed by atoms with Crippen molar-refractivity contribution in [2.75, 3.05) is 24.5 Å². The molecule has 0 spiro atoms. The number of aromatic nitrogens is 4. The Morgan fingerprint density at radius 1 is 1.46 bits per heavy atom. The van der Waals surface area contributed by atoms with Gasteiger partial charge in [-0.2, -0.15) is 4.98 Å². The van der Waals surface area contributed by atoms with Crippen LogP contribution in [0.15, 0.2) is 24.8 Å². The molecule has 3 rings (SSSR count). The highest BCUT2D eigenvalue weighted by atomic mass is 16.1. The summed E-state index contributed by atoms with van der Waals surface area (Å²) in [7, 11) is 0. The lowest BCUT2D eigenvalue weighted by molar-refractivity contribution is -0.118. The van der Waals surface area contributed by atoms with Gasteiger partial charge in [0.25, 0.3) is 0 Å². The molecule has 1 saturated heterocycles. The molecule has 24 heavy (non-hydrogen) atoms. The van der Waals surface area contributed by atoms with Gasteiger partial charge in [0.2, 0.25) is 11.9 Å². The number of anilines is 1. The first-order valence-electron chi connectivity index (χ1n) is 8.17. The fourth-order valence-electron chi connectivity index (χ4n) is 2.85. The Morgan fingerprint density at radius 3 is 2.96 bits per heavy atom. The number of amides is 1. The van der Waals surface area contributed by atoms with Gasteiger partial charge in [-0.1, -0.05) is 13.8 Å². The van der Waals surface area contributed by atoms with Gasteiger partial charge in [-0.15, -0.1) is 0 Å². The number of hydrogen-bond donors (Lipinski definition) is 2. The van der Waals surface area contributed by atoms with Crippen LogP contribution in [-0.4, -0.2) is 51.1 Å². The monoisotopic (exact) mass is 329 g/mol. The quantitative estimate of drug-likeness (QED) is 0.825. The summed E-state index contributed by atoms with van der Waals surface area (Å²) < 4.78 is 1.79. The average molecular weight is 329 g/mol. The van der Waals surface area contributed by atoms with Gasteiger partial charge < -0.3 is 16.0 Å². The van der Waals surface area contributed by atoms with Crippen LogP contribution in [0.3, 0.4) is 0 Å². The second-order valence-corrected chi connectivity index (χ2v) is 6.30. The van der Waals surface area contributed by atoms with Crippen molar-refractivity contribution < 1.29 is 4.79 Å². The smallest absolute Gasteiger partial charge is 0.237 e. The summed E-state index contributed by atoms with van der Waals surface area (Å²) >= 11 is 0. The molecule has 0 aliphatic carbocycles. The maximum absolute atomic E-state index is 11.4. The minimum absolute atomic E-state index is 0.00167. The van der Waals surface area contributed by atoms with Crippen LogP contribution in [0.5, 0.6) is 0 Å². The molecule has 1 fully saturated rings. The van der Waals surface area contributed by atoms with Gasteiger partial charge in [0.1, 0.15) is 12.1 Å². The lowest BCUT2D eigenvalue weighted by atomic mass is 10.1. The van der Waals surface area contributed by atoms with E-state index in [1.807, 2.05) is 12.3 Å². The van der Waals surface area contributed by atoms with E-state index in [9.17, 15) is 4.79 Å². The van der Waals surface area contributed by atoms with Crippen molar-refractivity contribution in [1.29, 1.82) is 0 Å². The number of carbonyl (C=O) groups excluding carboxylic acids is 1. The van der Waals surface area contributed by atoms with Crippen LogP contribution in [0.25, 0.3) is 5.95 Å². The Morgan fingerprint density at radius 2 is 2.29 bits per heavy atom. The van der Waals surface area contributed by atoms with Gasteiger partial charge in [-0.3, -0.25) is 9.36 Å². The van der Waals surface area contributed by atoms with E-state index in [-0.39, 0.29) is 17.9 Å². The molecule has 0 bridgehead atoms. The van der Waals surface area contributed by atoms with E-state index >= 15 is 0 Å². The molecule has 0 saturated carbocycles. The number of nitrogens with zero attached hydrogens (tertiary/aromatic N) is 5. The molecule has 0 radical (unpaired) electrons. The van der Waals surface area contributed by atoms with E-state index < -0.39 is 0 Å². The Labute approximate surface area is 141 Å². The topological polar surface area (TPSA) is 102 Å². The number of imidazole rings is 1. The molecule has 1 atom stereocenters. The third-order valence-corrected chi connectivity index (χ3v) is 4.13. The lowest BCUT2D eigenvalue weighted by Gasteiger charge is -2.37. The van der Waals surface area contributed by atoms with Crippen LogP contribution in [0, 0.1) is 0 Å². The van der Waals surface area contributed by atoms with Crippen LogP contribution < -0.4 is 16.0 Å². The minimum atomic E-state index is -0.304. The number of nitrogens with one attached hydrogen (secondary N) is 1. The summed E-state index contributed by atoms with van der Waals surface area (Å²) in [4.78, 5) is 26.9. The van der Waals surface area contributed by atoms with E-state index in [0.29, 0.717) is 18.9 Å². The summed E-state index contributed by atoms with van der Waals surface area (Å²) in [5.41, 5.74) is 6.37. The van der Waals surface area contributed by atoms with Crippen LogP contribution in [0.2, 0.25) is 0 Å². The predicted octanol–water partition coefficient (Wildman–Crippen LogP) is 0.439. The molecule has 1 aliphatic rings. The van der Waals surface area contributed by atoms with E-state index in [2.05, 4.69) is 34.0 Å². The number of hydrogen-bond acceptors (Lipinski definition) is 6. The Bertz CT molecular complexity index is 698. The van der Waals surface area contributed by atoms with Crippen LogP contribution >= 0.6 is 0 Å². The first-order chi connectivity index (χ1) is 11.5. The summed E-state index contributed by atoms with van der Waals surface area (Å²) in [5, 5.41) is 3.31. The SMILES string of the molecule is CC(C)c1cc(N2CCNCC2CC(N)=O)nc(-n2ccnc2)n1.